The van der Waals surface area contributed by atoms with Gasteiger partial charge in [0, 0.05) is 12.6 Å². The van der Waals surface area contributed by atoms with E-state index in [0.29, 0.717) is 12.2 Å². The van der Waals surface area contributed by atoms with Gasteiger partial charge in [-0.25, -0.2) is 4.39 Å². The van der Waals surface area contributed by atoms with Crippen molar-refractivity contribution in [2.75, 3.05) is 11.1 Å². The fourth-order valence-electron chi connectivity index (χ4n) is 2.65. The Labute approximate surface area is 128 Å². The summed E-state index contributed by atoms with van der Waals surface area (Å²) in [5.41, 5.74) is 0.509. The third-order valence-electron chi connectivity index (χ3n) is 3.51. The van der Waals surface area contributed by atoms with Gasteiger partial charge in [-0.05, 0) is 24.2 Å². The van der Waals surface area contributed by atoms with Gasteiger partial charge in [-0.2, -0.15) is 0 Å². The van der Waals surface area contributed by atoms with Crippen molar-refractivity contribution < 1.29 is 4.39 Å². The molecule has 0 spiro atoms. The van der Waals surface area contributed by atoms with E-state index in [0.717, 1.165) is 18.1 Å². The second kappa shape index (κ2) is 8.42. The van der Waals surface area contributed by atoms with Crippen LogP contribution in [0.2, 0.25) is 18.1 Å². The molecule has 1 rings (SSSR count). The molecule has 1 aromatic carbocycles. The highest BCUT2D eigenvalue weighted by atomic mass is 28.3. The number of rotatable bonds is 10. The zero-order valence-electron chi connectivity index (χ0n) is 12.5. The van der Waals surface area contributed by atoms with Gasteiger partial charge in [0.1, 0.15) is 5.82 Å². The minimum Gasteiger partial charge on any atom is -0.390 e. The first-order chi connectivity index (χ1) is 10.1. The number of allylic oxidation sites excluding steroid dienone is 3. The summed E-state index contributed by atoms with van der Waals surface area (Å²) in [5.74, 6) is -0.256. The Hall–Kier alpha value is -1.87. The quantitative estimate of drug-likeness (QED) is 0.428. The molecule has 0 aliphatic rings. The molecule has 3 heteroatoms. The van der Waals surface area contributed by atoms with Gasteiger partial charge >= 0.3 is 0 Å². The molecule has 0 fully saturated rings. The lowest BCUT2D eigenvalue weighted by molar-refractivity contribution is 0.627. The Morgan fingerprint density at radius 1 is 1.05 bits per heavy atom. The Morgan fingerprint density at radius 3 is 2.05 bits per heavy atom. The maximum atomic E-state index is 14.3. The molecule has 0 amide bonds. The molecule has 0 N–H and O–H groups in total. The van der Waals surface area contributed by atoms with Crippen molar-refractivity contribution in [2.24, 2.45) is 0 Å². The van der Waals surface area contributed by atoms with E-state index in [2.05, 4.69) is 36.9 Å². The fraction of sp³-hybridized carbons (Fsp3) is 0.222. The van der Waals surface area contributed by atoms with E-state index in [4.69, 9.17) is 0 Å². The summed E-state index contributed by atoms with van der Waals surface area (Å²) in [4.78, 5) is 0. The first-order valence-electron chi connectivity index (χ1n) is 7.02. The minimum atomic E-state index is -2.08. The van der Waals surface area contributed by atoms with Crippen molar-refractivity contribution in [3.63, 3.8) is 0 Å². The van der Waals surface area contributed by atoms with Gasteiger partial charge in [0.15, 0.2) is 8.24 Å². The lowest BCUT2D eigenvalue weighted by Gasteiger charge is -2.42. The number of anilines is 1. The summed E-state index contributed by atoms with van der Waals surface area (Å²) in [7, 11) is -2.08. The molecule has 0 aliphatic carbocycles. The normalized spacial score (nSPS) is 10.7. The zero-order chi connectivity index (χ0) is 15.7. The topological polar surface area (TPSA) is 3.24 Å². The van der Waals surface area contributed by atoms with Crippen LogP contribution in [0, 0.1) is 11.9 Å². The average Bonchev–Trinajstić information content (AvgIpc) is 2.46. The van der Waals surface area contributed by atoms with E-state index in [1.165, 1.54) is 6.07 Å². The maximum absolute atomic E-state index is 14.3. The van der Waals surface area contributed by atoms with Crippen LogP contribution in [0.4, 0.5) is 10.1 Å². The SMILES string of the molecule is C=CCN(c1[c]cccc1F)[Si](CC=C)(CC=C)CC=C. The van der Waals surface area contributed by atoms with Gasteiger partial charge in [0.05, 0.1) is 5.69 Å². The van der Waals surface area contributed by atoms with Crippen molar-refractivity contribution >= 4 is 13.9 Å². The number of halogens is 1. The third kappa shape index (κ3) is 4.05. The number of hydrogen-bond acceptors (Lipinski definition) is 1. The van der Waals surface area contributed by atoms with Crippen LogP contribution in [-0.2, 0) is 0 Å². The van der Waals surface area contributed by atoms with E-state index in [9.17, 15) is 4.39 Å². The third-order valence-corrected chi connectivity index (χ3v) is 8.21. The first-order valence-corrected chi connectivity index (χ1v) is 9.59. The zero-order valence-corrected chi connectivity index (χ0v) is 13.5. The molecular formula is C18H23FNSi. The predicted octanol–water partition coefficient (Wildman–Crippen LogP) is 5.12. The fourth-order valence-corrected chi connectivity index (χ4v) is 6.59. The van der Waals surface area contributed by atoms with Crippen molar-refractivity contribution in [3.8, 4) is 0 Å². The van der Waals surface area contributed by atoms with Crippen molar-refractivity contribution in [1.82, 2.24) is 0 Å². The van der Waals surface area contributed by atoms with Gasteiger partial charge in [-0.15, -0.1) is 26.3 Å². The predicted molar refractivity (Wildman–Crippen MR) is 93.5 cm³/mol. The summed E-state index contributed by atoms with van der Waals surface area (Å²) in [6.07, 6.45) is 7.54. The molecular weight excluding hydrogens is 277 g/mol. The molecule has 0 heterocycles. The first kappa shape index (κ1) is 17.2. The van der Waals surface area contributed by atoms with Crippen LogP contribution in [0.5, 0.6) is 0 Å². The number of benzene rings is 1. The van der Waals surface area contributed by atoms with Crippen molar-refractivity contribution in [2.45, 2.75) is 18.1 Å². The lowest BCUT2D eigenvalue weighted by Crippen LogP contribution is -2.53. The lowest BCUT2D eigenvalue weighted by atomic mass is 10.3. The van der Waals surface area contributed by atoms with E-state index < -0.39 is 8.24 Å². The minimum absolute atomic E-state index is 0.256. The van der Waals surface area contributed by atoms with Gasteiger partial charge < -0.3 is 4.57 Å². The molecule has 0 saturated carbocycles. The molecule has 1 radical (unpaired) electrons. The van der Waals surface area contributed by atoms with E-state index in [1.54, 1.807) is 18.2 Å². The Kier molecular flexibility index (Phi) is 6.89. The van der Waals surface area contributed by atoms with Gasteiger partial charge in [0.25, 0.3) is 0 Å². The molecule has 0 aromatic heterocycles. The molecule has 0 bridgehead atoms. The summed E-state index contributed by atoms with van der Waals surface area (Å²) < 4.78 is 16.4. The van der Waals surface area contributed by atoms with Gasteiger partial charge in [-0.1, -0.05) is 36.4 Å². The molecule has 21 heavy (non-hydrogen) atoms. The second-order valence-corrected chi connectivity index (χ2v) is 9.18. The monoisotopic (exact) mass is 300 g/mol. The largest absolute Gasteiger partial charge is 0.390 e. The van der Waals surface area contributed by atoms with Crippen LogP contribution in [0.1, 0.15) is 0 Å². The van der Waals surface area contributed by atoms with E-state index in [1.807, 2.05) is 18.2 Å². The standard InChI is InChI=1S/C18H23FNSi/c1-5-13-20(18-12-10-9-11-17(18)19)21(14-6-2,15-7-3)16-8-4/h5-11H,1-4,13-16H2. The molecule has 0 unspecified atom stereocenters. The van der Waals surface area contributed by atoms with Gasteiger partial charge in [-0.3, -0.25) is 0 Å². The second-order valence-electron chi connectivity index (χ2n) is 4.97. The molecule has 0 aliphatic heterocycles. The van der Waals surface area contributed by atoms with E-state index in [-0.39, 0.29) is 5.82 Å². The Balaban J connectivity index is 3.39. The van der Waals surface area contributed by atoms with Crippen LogP contribution < -0.4 is 4.57 Å². The molecule has 1 aromatic rings. The summed E-state index contributed by atoms with van der Waals surface area (Å²) in [5, 5.41) is 0. The van der Waals surface area contributed by atoms with Crippen molar-refractivity contribution in [3.05, 3.63) is 80.7 Å². The van der Waals surface area contributed by atoms with Crippen LogP contribution in [0.25, 0.3) is 0 Å². The highest BCUT2D eigenvalue weighted by Gasteiger charge is 2.37. The van der Waals surface area contributed by atoms with Gasteiger partial charge in [0.2, 0.25) is 0 Å². The summed E-state index contributed by atoms with van der Waals surface area (Å²) >= 11 is 0. The van der Waals surface area contributed by atoms with Crippen molar-refractivity contribution in [1.29, 1.82) is 0 Å². The van der Waals surface area contributed by atoms with Crippen LogP contribution in [0.3, 0.4) is 0 Å². The van der Waals surface area contributed by atoms with E-state index >= 15 is 0 Å². The maximum Gasteiger partial charge on any atom is 0.168 e. The molecule has 0 atom stereocenters. The number of para-hydroxylation sites is 1. The molecule has 1 nitrogen and oxygen atoms in total. The number of nitrogens with zero attached hydrogens (tertiary/aromatic N) is 1. The summed E-state index contributed by atoms with van der Waals surface area (Å²) in [6, 6.07) is 10.4. The number of hydrogen-bond donors (Lipinski definition) is 0. The highest BCUT2D eigenvalue weighted by molar-refractivity contribution is 6.84. The Bertz CT molecular complexity index is 483. The smallest absolute Gasteiger partial charge is 0.168 e. The van der Waals surface area contributed by atoms with Crippen LogP contribution in [0.15, 0.2) is 68.8 Å². The molecule has 111 valence electrons. The van der Waals surface area contributed by atoms with Crippen LogP contribution in [-0.4, -0.2) is 14.8 Å². The summed E-state index contributed by atoms with van der Waals surface area (Å²) in [6.45, 7) is 16.0. The Morgan fingerprint density at radius 2 is 1.62 bits per heavy atom. The van der Waals surface area contributed by atoms with Crippen LogP contribution >= 0.6 is 0 Å². The highest BCUT2D eigenvalue weighted by Crippen LogP contribution is 2.33. The average molecular weight is 300 g/mol. The molecule has 0 saturated heterocycles.